The highest BCUT2D eigenvalue weighted by atomic mass is 16.5. The van der Waals surface area contributed by atoms with Gasteiger partial charge in [-0.25, -0.2) is 4.79 Å². The van der Waals surface area contributed by atoms with Gasteiger partial charge in [0.15, 0.2) is 0 Å². The maximum absolute atomic E-state index is 12.5. The smallest absolute Gasteiger partial charge is 0.407 e. The average molecular weight is 471 g/mol. The number of aliphatic hydroxyl groups excluding tert-OH is 1. The Balaban J connectivity index is 1.01. The second kappa shape index (κ2) is 8.93. The number of carbonyl (C=O) groups is 1. The number of fused-ring (bicyclic) bond motifs is 4. The third kappa shape index (κ3) is 4.34. The standard InChI is InChI=1S/C29H30N2O4/c32-18-29(11-12-29)17-31-20-9-10-27-19(13-20)14-21(35-27)15-30-28(33)34-16-26-24-7-3-1-5-22(24)23-6-2-4-8-25(23)26/h1-10,13,21,26,31-32H,11-12,14-18H2,(H,30,33). The van der Waals surface area contributed by atoms with Crippen LogP contribution in [0.4, 0.5) is 10.5 Å². The molecule has 3 aromatic carbocycles. The first kappa shape index (κ1) is 22.0. The number of hydrogen-bond acceptors (Lipinski definition) is 5. The van der Waals surface area contributed by atoms with Crippen LogP contribution in [0.25, 0.3) is 11.1 Å². The minimum absolute atomic E-state index is 0.0478. The minimum atomic E-state index is -0.424. The molecule has 35 heavy (non-hydrogen) atoms. The van der Waals surface area contributed by atoms with Crippen molar-refractivity contribution in [3.63, 3.8) is 0 Å². The Morgan fingerprint density at radius 2 is 1.74 bits per heavy atom. The fourth-order valence-electron chi connectivity index (χ4n) is 5.25. The van der Waals surface area contributed by atoms with Gasteiger partial charge in [0.2, 0.25) is 0 Å². The van der Waals surface area contributed by atoms with E-state index in [4.69, 9.17) is 9.47 Å². The molecule has 3 N–H and O–H groups in total. The monoisotopic (exact) mass is 470 g/mol. The van der Waals surface area contributed by atoms with Gasteiger partial charge in [0.25, 0.3) is 0 Å². The molecule has 1 fully saturated rings. The molecule has 0 radical (unpaired) electrons. The van der Waals surface area contributed by atoms with Crippen molar-refractivity contribution < 1.29 is 19.4 Å². The summed E-state index contributed by atoms with van der Waals surface area (Å²) < 4.78 is 11.7. The number of rotatable bonds is 8. The Bertz CT molecular complexity index is 1210. The van der Waals surface area contributed by atoms with Gasteiger partial charge in [-0.2, -0.15) is 0 Å². The molecule has 2 aliphatic carbocycles. The van der Waals surface area contributed by atoms with Crippen LogP contribution in [0, 0.1) is 5.41 Å². The molecule has 0 aromatic heterocycles. The SMILES string of the molecule is O=C(NCC1Cc2cc(NCC3(CO)CC3)ccc2O1)OCC1c2ccccc2-c2ccccc21. The fourth-order valence-corrected chi connectivity index (χ4v) is 5.25. The summed E-state index contributed by atoms with van der Waals surface area (Å²) in [5.41, 5.74) is 7.06. The summed E-state index contributed by atoms with van der Waals surface area (Å²) in [6, 6.07) is 22.7. The topological polar surface area (TPSA) is 79.8 Å². The lowest BCUT2D eigenvalue weighted by atomic mass is 9.98. The lowest BCUT2D eigenvalue weighted by molar-refractivity contribution is 0.136. The van der Waals surface area contributed by atoms with Crippen LogP contribution in [0.3, 0.4) is 0 Å². The Morgan fingerprint density at radius 1 is 1.03 bits per heavy atom. The van der Waals surface area contributed by atoms with E-state index in [1.165, 1.54) is 22.3 Å². The molecular formula is C29H30N2O4. The molecule has 6 nitrogen and oxygen atoms in total. The van der Waals surface area contributed by atoms with Crippen LogP contribution in [-0.4, -0.2) is 43.6 Å². The van der Waals surface area contributed by atoms with Gasteiger partial charge in [0.05, 0.1) is 13.2 Å². The van der Waals surface area contributed by atoms with Crippen molar-refractivity contribution in [2.45, 2.75) is 31.3 Å². The summed E-state index contributed by atoms with van der Waals surface area (Å²) in [4.78, 5) is 12.5. The zero-order chi connectivity index (χ0) is 23.8. The van der Waals surface area contributed by atoms with Gasteiger partial charge in [-0.05, 0) is 58.9 Å². The highest BCUT2D eigenvalue weighted by Gasteiger charge is 2.41. The number of alkyl carbamates (subject to hydrolysis) is 1. The Hall–Kier alpha value is -3.51. The van der Waals surface area contributed by atoms with E-state index in [0.29, 0.717) is 13.2 Å². The van der Waals surface area contributed by atoms with E-state index in [-0.39, 0.29) is 24.0 Å². The van der Waals surface area contributed by atoms with Gasteiger partial charge in [-0.3, -0.25) is 0 Å². The zero-order valence-electron chi connectivity index (χ0n) is 19.6. The Morgan fingerprint density at radius 3 is 2.43 bits per heavy atom. The van der Waals surface area contributed by atoms with E-state index in [1.807, 2.05) is 36.4 Å². The van der Waals surface area contributed by atoms with Crippen molar-refractivity contribution in [2.24, 2.45) is 5.41 Å². The van der Waals surface area contributed by atoms with Crippen LogP contribution in [0.1, 0.15) is 35.4 Å². The van der Waals surface area contributed by atoms with E-state index in [2.05, 4.69) is 41.0 Å². The normalized spacial score (nSPS) is 18.7. The predicted molar refractivity (Wildman–Crippen MR) is 135 cm³/mol. The van der Waals surface area contributed by atoms with Crippen LogP contribution < -0.4 is 15.4 Å². The zero-order valence-corrected chi connectivity index (χ0v) is 19.6. The molecule has 1 aliphatic heterocycles. The minimum Gasteiger partial charge on any atom is -0.488 e. The molecular weight excluding hydrogens is 440 g/mol. The average Bonchev–Trinajstić information content (AvgIpc) is 3.45. The highest BCUT2D eigenvalue weighted by molar-refractivity contribution is 5.79. The molecule has 6 heteroatoms. The molecule has 1 atom stereocenters. The maximum atomic E-state index is 12.5. The molecule has 3 aromatic rings. The van der Waals surface area contributed by atoms with Gasteiger partial charge in [0.1, 0.15) is 18.5 Å². The molecule has 3 aliphatic rings. The molecule has 1 saturated carbocycles. The summed E-state index contributed by atoms with van der Waals surface area (Å²) in [6.07, 6.45) is 2.35. The lowest BCUT2D eigenvalue weighted by Crippen LogP contribution is -2.35. The van der Waals surface area contributed by atoms with E-state index in [1.54, 1.807) is 0 Å². The van der Waals surface area contributed by atoms with E-state index < -0.39 is 6.09 Å². The molecule has 1 heterocycles. The van der Waals surface area contributed by atoms with Crippen LogP contribution in [0.5, 0.6) is 5.75 Å². The number of ether oxygens (including phenoxy) is 2. The number of nitrogens with one attached hydrogen (secondary N) is 2. The van der Waals surface area contributed by atoms with Crippen molar-refractivity contribution in [2.75, 3.05) is 31.6 Å². The number of benzene rings is 3. The summed E-state index contributed by atoms with van der Waals surface area (Å²) in [5.74, 6) is 0.907. The highest BCUT2D eigenvalue weighted by Crippen LogP contribution is 2.45. The van der Waals surface area contributed by atoms with E-state index >= 15 is 0 Å². The van der Waals surface area contributed by atoms with Crippen molar-refractivity contribution in [3.8, 4) is 16.9 Å². The number of amides is 1. The van der Waals surface area contributed by atoms with Crippen LogP contribution >= 0.6 is 0 Å². The van der Waals surface area contributed by atoms with Crippen molar-refractivity contribution in [1.82, 2.24) is 5.32 Å². The van der Waals surface area contributed by atoms with Crippen LogP contribution in [0.15, 0.2) is 66.7 Å². The Labute approximate surface area is 205 Å². The second-order valence-corrected chi connectivity index (χ2v) is 9.98. The molecule has 1 amide bonds. The number of carbonyl (C=O) groups excluding carboxylic acids is 1. The molecule has 0 saturated heterocycles. The second-order valence-electron chi connectivity index (χ2n) is 9.98. The lowest BCUT2D eigenvalue weighted by Gasteiger charge is -2.16. The summed E-state index contributed by atoms with van der Waals surface area (Å²) in [7, 11) is 0. The number of hydrogen-bond donors (Lipinski definition) is 3. The van der Waals surface area contributed by atoms with Gasteiger partial charge in [0, 0.05) is 30.0 Å². The van der Waals surface area contributed by atoms with Crippen LogP contribution in [0.2, 0.25) is 0 Å². The summed E-state index contributed by atoms with van der Waals surface area (Å²) in [6.45, 7) is 1.71. The van der Waals surface area contributed by atoms with E-state index in [9.17, 15) is 9.90 Å². The van der Waals surface area contributed by atoms with Gasteiger partial charge in [-0.15, -0.1) is 0 Å². The molecule has 180 valence electrons. The summed E-state index contributed by atoms with van der Waals surface area (Å²) in [5, 5.41) is 15.8. The molecule has 6 rings (SSSR count). The maximum Gasteiger partial charge on any atom is 0.407 e. The third-order valence-electron chi connectivity index (χ3n) is 7.58. The van der Waals surface area contributed by atoms with Gasteiger partial charge in [-0.1, -0.05) is 48.5 Å². The molecule has 0 bridgehead atoms. The van der Waals surface area contributed by atoms with Crippen molar-refractivity contribution >= 4 is 11.8 Å². The van der Waals surface area contributed by atoms with Crippen LogP contribution in [-0.2, 0) is 11.2 Å². The van der Waals surface area contributed by atoms with Crippen molar-refractivity contribution in [1.29, 1.82) is 0 Å². The largest absolute Gasteiger partial charge is 0.488 e. The quantitative estimate of drug-likeness (QED) is 0.444. The number of aliphatic hydroxyl groups is 1. The predicted octanol–water partition coefficient (Wildman–Crippen LogP) is 4.71. The Kier molecular flexibility index (Phi) is 5.61. The third-order valence-corrected chi connectivity index (χ3v) is 7.58. The van der Waals surface area contributed by atoms with Crippen molar-refractivity contribution in [3.05, 3.63) is 83.4 Å². The fraction of sp³-hybridized carbons (Fsp3) is 0.345. The first-order chi connectivity index (χ1) is 17.1. The number of anilines is 1. The van der Waals surface area contributed by atoms with Gasteiger partial charge < -0.3 is 25.2 Å². The van der Waals surface area contributed by atoms with Gasteiger partial charge >= 0.3 is 6.09 Å². The molecule has 0 spiro atoms. The van der Waals surface area contributed by atoms with E-state index in [0.717, 1.165) is 42.8 Å². The first-order valence-electron chi connectivity index (χ1n) is 12.4. The summed E-state index contributed by atoms with van der Waals surface area (Å²) >= 11 is 0. The first-order valence-corrected chi connectivity index (χ1v) is 12.4. The molecule has 1 unspecified atom stereocenters.